The molecular weight excluding hydrogens is 310 g/mol. The second kappa shape index (κ2) is 6.97. The molecule has 1 aromatic carbocycles. The zero-order valence-electron chi connectivity index (χ0n) is 12.2. The molecule has 0 aliphatic rings. The van der Waals surface area contributed by atoms with Crippen molar-refractivity contribution < 1.29 is 13.2 Å². The number of rotatable bonds is 6. The number of carbonyl (C=O) groups is 1. The normalized spacial score (nSPS) is 11.4. The third-order valence-electron chi connectivity index (χ3n) is 2.92. The number of benzene rings is 1. The number of nitrogens with zero attached hydrogens (tertiary/aromatic N) is 2. The highest BCUT2D eigenvalue weighted by molar-refractivity contribution is 7.88. The van der Waals surface area contributed by atoms with Crippen molar-refractivity contribution in [1.82, 2.24) is 9.21 Å². The molecule has 1 aromatic rings. The molecule has 8 heteroatoms. The van der Waals surface area contributed by atoms with E-state index in [1.165, 1.54) is 11.9 Å². The molecule has 21 heavy (non-hydrogen) atoms. The monoisotopic (exact) mass is 329 g/mol. The number of carbonyl (C=O) groups excluding carboxylic acids is 1. The molecular formula is C13H19N3O3S2. The van der Waals surface area contributed by atoms with Crippen LogP contribution in [0.2, 0.25) is 0 Å². The summed E-state index contributed by atoms with van der Waals surface area (Å²) < 4.78 is 25.4. The van der Waals surface area contributed by atoms with Gasteiger partial charge in [-0.3, -0.25) is 4.79 Å². The van der Waals surface area contributed by atoms with Gasteiger partial charge in [0, 0.05) is 26.7 Å². The van der Waals surface area contributed by atoms with Gasteiger partial charge in [-0.15, -0.1) is 0 Å². The fourth-order valence-corrected chi connectivity index (χ4v) is 2.79. The minimum atomic E-state index is -3.55. The Kier molecular flexibility index (Phi) is 5.82. The van der Waals surface area contributed by atoms with Crippen molar-refractivity contribution in [3.63, 3.8) is 0 Å². The van der Waals surface area contributed by atoms with Crippen LogP contribution in [0.5, 0.6) is 0 Å². The summed E-state index contributed by atoms with van der Waals surface area (Å²) in [4.78, 5) is 13.2. The van der Waals surface area contributed by atoms with Crippen LogP contribution < -0.4 is 5.73 Å². The van der Waals surface area contributed by atoms with Crippen LogP contribution in [0.25, 0.3) is 0 Å². The van der Waals surface area contributed by atoms with Gasteiger partial charge in [-0.05, 0) is 5.56 Å². The number of sulfonamides is 1. The summed E-state index contributed by atoms with van der Waals surface area (Å²) in [6.45, 7) is -0.180. The van der Waals surface area contributed by atoms with Crippen LogP contribution in [0.4, 0.5) is 0 Å². The lowest BCUT2D eigenvalue weighted by Crippen LogP contribution is -2.38. The highest BCUT2D eigenvalue weighted by Crippen LogP contribution is 2.11. The van der Waals surface area contributed by atoms with Crippen LogP contribution in [0.1, 0.15) is 11.1 Å². The lowest BCUT2D eigenvalue weighted by Gasteiger charge is -2.19. The van der Waals surface area contributed by atoms with Crippen LogP contribution in [0, 0.1) is 0 Å². The molecule has 0 radical (unpaired) electrons. The van der Waals surface area contributed by atoms with E-state index >= 15 is 0 Å². The first-order valence-corrected chi connectivity index (χ1v) is 8.18. The van der Waals surface area contributed by atoms with E-state index in [1.54, 1.807) is 38.4 Å². The van der Waals surface area contributed by atoms with E-state index in [0.717, 1.165) is 4.31 Å². The average molecular weight is 329 g/mol. The molecule has 1 rings (SSSR count). The zero-order valence-corrected chi connectivity index (χ0v) is 13.9. The lowest BCUT2D eigenvalue weighted by atomic mass is 10.1. The summed E-state index contributed by atoms with van der Waals surface area (Å²) in [6.07, 6.45) is 0. The van der Waals surface area contributed by atoms with Crippen molar-refractivity contribution >= 4 is 33.1 Å². The van der Waals surface area contributed by atoms with Gasteiger partial charge in [-0.25, -0.2) is 8.42 Å². The molecule has 2 N–H and O–H groups in total. The highest BCUT2D eigenvalue weighted by Gasteiger charge is 2.21. The fourth-order valence-electron chi connectivity index (χ4n) is 1.52. The molecule has 0 heterocycles. The van der Waals surface area contributed by atoms with E-state index in [2.05, 4.69) is 0 Å². The first-order chi connectivity index (χ1) is 9.63. The molecule has 0 fully saturated rings. The molecule has 1 amide bonds. The Morgan fingerprint density at radius 1 is 1.19 bits per heavy atom. The Balaban J connectivity index is 2.80. The zero-order chi connectivity index (χ0) is 16.2. The third-order valence-corrected chi connectivity index (χ3v) is 4.93. The molecule has 0 spiro atoms. The predicted molar refractivity (Wildman–Crippen MR) is 86.3 cm³/mol. The Bertz CT molecular complexity index is 625. The topological polar surface area (TPSA) is 83.7 Å². The number of hydrogen-bond donors (Lipinski definition) is 1. The van der Waals surface area contributed by atoms with Crippen molar-refractivity contribution in [3.05, 3.63) is 35.4 Å². The van der Waals surface area contributed by atoms with Crippen LogP contribution >= 0.6 is 12.2 Å². The number of thiocarbonyl (C=S) groups is 1. The van der Waals surface area contributed by atoms with Crippen LogP contribution in [-0.2, 0) is 20.6 Å². The maximum Gasteiger partial charge on any atom is 0.237 e. The van der Waals surface area contributed by atoms with Gasteiger partial charge in [-0.2, -0.15) is 4.31 Å². The molecule has 0 atom stereocenters. The summed E-state index contributed by atoms with van der Waals surface area (Å²) in [6, 6.07) is 6.68. The molecule has 0 bridgehead atoms. The van der Waals surface area contributed by atoms with Gasteiger partial charge < -0.3 is 10.6 Å². The first kappa shape index (κ1) is 17.5. The van der Waals surface area contributed by atoms with Gasteiger partial charge in [0.15, 0.2) is 0 Å². The Labute approximate surface area is 130 Å². The van der Waals surface area contributed by atoms with Gasteiger partial charge in [0.1, 0.15) is 4.99 Å². The molecule has 0 aliphatic carbocycles. The van der Waals surface area contributed by atoms with Gasteiger partial charge in [0.05, 0.1) is 12.3 Å². The van der Waals surface area contributed by atoms with Gasteiger partial charge in [0.25, 0.3) is 0 Å². The molecule has 0 saturated heterocycles. The Morgan fingerprint density at radius 3 is 2.14 bits per heavy atom. The predicted octanol–water partition coefficient (Wildman–Crippen LogP) is 0.171. The minimum absolute atomic E-state index is 0.179. The maximum atomic E-state index is 12.2. The Hall–Kier alpha value is -1.51. The summed E-state index contributed by atoms with van der Waals surface area (Å²) in [5.41, 5.74) is 6.78. The van der Waals surface area contributed by atoms with E-state index in [1.807, 2.05) is 0 Å². The van der Waals surface area contributed by atoms with Crippen molar-refractivity contribution in [2.45, 2.75) is 5.75 Å². The summed E-state index contributed by atoms with van der Waals surface area (Å²) in [5.74, 6) is -0.452. The summed E-state index contributed by atoms with van der Waals surface area (Å²) >= 11 is 4.84. The van der Waals surface area contributed by atoms with E-state index in [-0.39, 0.29) is 23.2 Å². The van der Waals surface area contributed by atoms with Gasteiger partial charge >= 0.3 is 0 Å². The average Bonchev–Trinajstić information content (AvgIpc) is 2.38. The molecule has 0 aliphatic heterocycles. The smallest absolute Gasteiger partial charge is 0.237 e. The molecule has 0 unspecified atom stereocenters. The quantitative estimate of drug-likeness (QED) is 0.752. The molecule has 0 saturated carbocycles. The van der Waals surface area contributed by atoms with Crippen LogP contribution in [-0.4, -0.2) is 56.2 Å². The van der Waals surface area contributed by atoms with Crippen molar-refractivity contribution in [2.24, 2.45) is 5.73 Å². The second-order valence-electron chi connectivity index (χ2n) is 4.86. The molecule has 0 aromatic heterocycles. The standard InChI is InChI=1S/C13H19N3O3S2/c1-15(2)12(17)8-16(3)21(18,19)9-10-4-6-11(7-5-10)13(14)20/h4-7H,8-9H2,1-3H3,(H2,14,20). The van der Waals surface area contributed by atoms with Gasteiger partial charge in [0.2, 0.25) is 15.9 Å². The maximum absolute atomic E-state index is 12.2. The summed E-state index contributed by atoms with van der Waals surface area (Å²) in [7, 11) is 0.997. The van der Waals surface area contributed by atoms with E-state index in [4.69, 9.17) is 18.0 Å². The van der Waals surface area contributed by atoms with Crippen molar-refractivity contribution in [3.8, 4) is 0 Å². The second-order valence-corrected chi connectivity index (χ2v) is 7.38. The fraction of sp³-hybridized carbons (Fsp3) is 0.385. The number of hydrogen-bond acceptors (Lipinski definition) is 4. The van der Waals surface area contributed by atoms with E-state index < -0.39 is 10.0 Å². The summed E-state index contributed by atoms with van der Waals surface area (Å²) in [5, 5.41) is 0. The van der Waals surface area contributed by atoms with E-state index in [9.17, 15) is 13.2 Å². The van der Waals surface area contributed by atoms with Crippen LogP contribution in [0.3, 0.4) is 0 Å². The SMILES string of the molecule is CN(C)C(=O)CN(C)S(=O)(=O)Cc1ccc(C(N)=S)cc1. The molecule has 116 valence electrons. The Morgan fingerprint density at radius 2 is 1.71 bits per heavy atom. The number of nitrogens with two attached hydrogens (primary N) is 1. The van der Waals surface area contributed by atoms with Crippen LogP contribution in [0.15, 0.2) is 24.3 Å². The minimum Gasteiger partial charge on any atom is -0.389 e. The van der Waals surface area contributed by atoms with Gasteiger partial charge in [-0.1, -0.05) is 36.5 Å². The molecule has 6 nitrogen and oxygen atoms in total. The highest BCUT2D eigenvalue weighted by atomic mass is 32.2. The number of likely N-dealkylation sites (N-methyl/N-ethyl adjacent to an activating group) is 2. The largest absolute Gasteiger partial charge is 0.389 e. The lowest BCUT2D eigenvalue weighted by molar-refractivity contribution is -0.128. The van der Waals surface area contributed by atoms with E-state index in [0.29, 0.717) is 11.1 Å². The number of amides is 1. The third kappa shape index (κ3) is 5.07. The van der Waals surface area contributed by atoms with Crippen molar-refractivity contribution in [1.29, 1.82) is 0 Å². The van der Waals surface area contributed by atoms with Crippen molar-refractivity contribution in [2.75, 3.05) is 27.7 Å². The first-order valence-electron chi connectivity index (χ1n) is 6.16.